The first-order chi connectivity index (χ1) is 7.81. The molecule has 1 heterocycles. The largest absolute Gasteiger partial charge is 0.394 e. The zero-order valence-corrected chi connectivity index (χ0v) is 10.6. The Bertz CT molecular complexity index is 382. The van der Waals surface area contributed by atoms with E-state index in [9.17, 15) is 9.90 Å². The Morgan fingerprint density at radius 1 is 1.53 bits per heavy atom. The van der Waals surface area contributed by atoms with E-state index in [0.29, 0.717) is 12.3 Å². The fourth-order valence-electron chi connectivity index (χ4n) is 1.54. The maximum absolute atomic E-state index is 11.7. The highest BCUT2D eigenvalue weighted by atomic mass is 16.5. The number of aliphatic hydroxyl groups excluding tert-OH is 1. The van der Waals surface area contributed by atoms with Crippen molar-refractivity contribution in [3.63, 3.8) is 0 Å². The van der Waals surface area contributed by atoms with Gasteiger partial charge in [0.1, 0.15) is 0 Å². The molecule has 6 heteroatoms. The molecule has 0 aliphatic carbocycles. The molecule has 0 aliphatic rings. The summed E-state index contributed by atoms with van der Waals surface area (Å²) in [7, 11) is 0. The standard InChI is InChI=1S/C11H19N3O3/c1-7-12-9(14-17-7)10(16)13-8(6-15)5-11(2,3)4/h8,15H,5-6H2,1-4H3,(H,13,16). The topological polar surface area (TPSA) is 88.2 Å². The van der Waals surface area contributed by atoms with E-state index in [2.05, 4.69) is 15.5 Å². The van der Waals surface area contributed by atoms with Crippen molar-refractivity contribution >= 4 is 5.91 Å². The number of carbonyl (C=O) groups excluding carboxylic acids is 1. The van der Waals surface area contributed by atoms with Crippen molar-refractivity contribution in [2.45, 2.75) is 40.2 Å². The smallest absolute Gasteiger partial charge is 0.292 e. The van der Waals surface area contributed by atoms with Gasteiger partial charge in [0.2, 0.25) is 5.89 Å². The Hall–Kier alpha value is -1.43. The molecule has 1 unspecified atom stereocenters. The first kappa shape index (κ1) is 13.6. The summed E-state index contributed by atoms with van der Waals surface area (Å²) < 4.78 is 4.72. The average Bonchev–Trinajstić information content (AvgIpc) is 2.61. The van der Waals surface area contributed by atoms with Crippen LogP contribution in [0.2, 0.25) is 0 Å². The second kappa shape index (κ2) is 5.27. The molecule has 1 atom stereocenters. The van der Waals surface area contributed by atoms with E-state index in [1.165, 1.54) is 0 Å². The molecular formula is C11H19N3O3. The van der Waals surface area contributed by atoms with E-state index in [1.54, 1.807) is 6.92 Å². The van der Waals surface area contributed by atoms with Crippen LogP contribution in [0.5, 0.6) is 0 Å². The molecule has 0 saturated carbocycles. The minimum atomic E-state index is -0.426. The zero-order valence-electron chi connectivity index (χ0n) is 10.6. The van der Waals surface area contributed by atoms with Gasteiger partial charge in [-0.2, -0.15) is 4.98 Å². The second-order valence-electron chi connectivity index (χ2n) is 5.25. The third-order valence-electron chi connectivity index (χ3n) is 2.15. The number of aromatic nitrogens is 2. The van der Waals surface area contributed by atoms with Gasteiger partial charge in [-0.3, -0.25) is 4.79 Å². The van der Waals surface area contributed by atoms with E-state index in [-0.39, 0.29) is 23.9 Å². The van der Waals surface area contributed by atoms with Gasteiger partial charge < -0.3 is 14.9 Å². The lowest BCUT2D eigenvalue weighted by atomic mass is 9.88. The lowest BCUT2D eigenvalue weighted by Crippen LogP contribution is -2.40. The predicted octanol–water partition coefficient (Wildman–Crippen LogP) is 0.905. The highest BCUT2D eigenvalue weighted by Gasteiger charge is 2.22. The van der Waals surface area contributed by atoms with Crippen molar-refractivity contribution in [3.05, 3.63) is 11.7 Å². The Morgan fingerprint density at radius 3 is 2.59 bits per heavy atom. The number of hydrogen-bond donors (Lipinski definition) is 2. The van der Waals surface area contributed by atoms with Crippen LogP contribution in [-0.2, 0) is 0 Å². The third kappa shape index (κ3) is 4.52. The Balaban J connectivity index is 2.60. The first-order valence-corrected chi connectivity index (χ1v) is 5.54. The van der Waals surface area contributed by atoms with Crippen LogP contribution < -0.4 is 5.32 Å². The van der Waals surface area contributed by atoms with Crippen molar-refractivity contribution in [1.29, 1.82) is 0 Å². The quantitative estimate of drug-likeness (QED) is 0.817. The summed E-state index contributed by atoms with van der Waals surface area (Å²) >= 11 is 0. The molecule has 1 amide bonds. The number of aryl methyl sites for hydroxylation is 1. The van der Waals surface area contributed by atoms with Gasteiger partial charge in [-0.15, -0.1) is 0 Å². The van der Waals surface area contributed by atoms with E-state index < -0.39 is 5.91 Å². The molecule has 1 aromatic rings. The summed E-state index contributed by atoms with van der Waals surface area (Å²) in [6.07, 6.45) is 0.673. The van der Waals surface area contributed by atoms with Crippen molar-refractivity contribution in [1.82, 2.24) is 15.5 Å². The van der Waals surface area contributed by atoms with Crippen molar-refractivity contribution in [2.24, 2.45) is 5.41 Å². The SMILES string of the molecule is Cc1nc(C(=O)NC(CO)CC(C)(C)C)no1. The zero-order chi connectivity index (χ0) is 13.1. The van der Waals surface area contributed by atoms with Crippen molar-refractivity contribution in [3.8, 4) is 0 Å². The number of nitrogens with zero attached hydrogens (tertiary/aromatic N) is 2. The van der Waals surface area contributed by atoms with Crippen LogP contribution in [0.4, 0.5) is 0 Å². The number of aliphatic hydroxyl groups is 1. The average molecular weight is 241 g/mol. The molecule has 2 N–H and O–H groups in total. The molecule has 1 aromatic heterocycles. The minimum absolute atomic E-state index is 0.00476. The van der Waals surface area contributed by atoms with Crippen LogP contribution in [0.15, 0.2) is 4.52 Å². The molecule has 1 rings (SSSR count). The maximum Gasteiger partial charge on any atom is 0.292 e. The van der Waals surface area contributed by atoms with Gasteiger partial charge in [0.25, 0.3) is 11.7 Å². The first-order valence-electron chi connectivity index (χ1n) is 5.54. The van der Waals surface area contributed by atoms with Crippen LogP contribution in [0.25, 0.3) is 0 Å². The lowest BCUT2D eigenvalue weighted by Gasteiger charge is -2.24. The van der Waals surface area contributed by atoms with Crippen LogP contribution in [0, 0.1) is 12.3 Å². The summed E-state index contributed by atoms with van der Waals surface area (Å²) in [5, 5.41) is 15.4. The fraction of sp³-hybridized carbons (Fsp3) is 0.727. The molecule has 6 nitrogen and oxygen atoms in total. The number of carbonyl (C=O) groups is 1. The number of amides is 1. The van der Waals surface area contributed by atoms with Gasteiger partial charge in [0.15, 0.2) is 0 Å². The van der Waals surface area contributed by atoms with Crippen LogP contribution in [-0.4, -0.2) is 33.8 Å². The minimum Gasteiger partial charge on any atom is -0.394 e. The fourth-order valence-corrected chi connectivity index (χ4v) is 1.54. The van der Waals surface area contributed by atoms with Gasteiger partial charge in [-0.05, 0) is 11.8 Å². The molecule has 0 bridgehead atoms. The summed E-state index contributed by atoms with van der Waals surface area (Å²) in [6, 6.07) is -0.304. The molecule has 96 valence electrons. The summed E-state index contributed by atoms with van der Waals surface area (Å²) in [4.78, 5) is 15.5. The van der Waals surface area contributed by atoms with Crippen LogP contribution in [0.1, 0.15) is 43.7 Å². The molecule has 0 aliphatic heterocycles. The van der Waals surface area contributed by atoms with Crippen molar-refractivity contribution < 1.29 is 14.4 Å². The van der Waals surface area contributed by atoms with E-state index in [1.807, 2.05) is 20.8 Å². The summed E-state index contributed by atoms with van der Waals surface area (Å²) in [5.74, 6) is -0.0912. The summed E-state index contributed by atoms with van der Waals surface area (Å²) in [5.41, 5.74) is 0.0217. The molecule has 17 heavy (non-hydrogen) atoms. The Kier molecular flexibility index (Phi) is 4.22. The van der Waals surface area contributed by atoms with Gasteiger partial charge in [0.05, 0.1) is 12.6 Å². The number of nitrogens with one attached hydrogen (secondary N) is 1. The highest BCUT2D eigenvalue weighted by molar-refractivity contribution is 5.90. The Morgan fingerprint density at radius 2 is 2.18 bits per heavy atom. The van der Waals surface area contributed by atoms with Gasteiger partial charge in [-0.25, -0.2) is 0 Å². The van der Waals surface area contributed by atoms with E-state index in [0.717, 1.165) is 0 Å². The van der Waals surface area contributed by atoms with Gasteiger partial charge in [-0.1, -0.05) is 25.9 Å². The van der Waals surface area contributed by atoms with Crippen LogP contribution >= 0.6 is 0 Å². The van der Waals surface area contributed by atoms with Crippen molar-refractivity contribution in [2.75, 3.05) is 6.61 Å². The molecular weight excluding hydrogens is 222 g/mol. The lowest BCUT2D eigenvalue weighted by molar-refractivity contribution is 0.0884. The number of hydrogen-bond acceptors (Lipinski definition) is 5. The molecule has 0 radical (unpaired) electrons. The normalized spacial score (nSPS) is 13.5. The van der Waals surface area contributed by atoms with Gasteiger partial charge >= 0.3 is 0 Å². The maximum atomic E-state index is 11.7. The number of rotatable bonds is 4. The molecule has 0 spiro atoms. The van der Waals surface area contributed by atoms with E-state index >= 15 is 0 Å². The molecule has 0 saturated heterocycles. The summed E-state index contributed by atoms with van der Waals surface area (Å²) in [6.45, 7) is 7.63. The Labute approximate surface area is 100 Å². The predicted molar refractivity (Wildman–Crippen MR) is 61.4 cm³/mol. The third-order valence-corrected chi connectivity index (χ3v) is 2.15. The monoisotopic (exact) mass is 241 g/mol. The second-order valence-corrected chi connectivity index (χ2v) is 5.25. The highest BCUT2D eigenvalue weighted by Crippen LogP contribution is 2.20. The molecule has 0 aromatic carbocycles. The molecule has 0 fully saturated rings. The van der Waals surface area contributed by atoms with Crippen LogP contribution in [0.3, 0.4) is 0 Å². The van der Waals surface area contributed by atoms with E-state index in [4.69, 9.17) is 4.52 Å². The van der Waals surface area contributed by atoms with Gasteiger partial charge in [0, 0.05) is 6.92 Å².